The van der Waals surface area contributed by atoms with E-state index < -0.39 is 11.7 Å². The van der Waals surface area contributed by atoms with E-state index in [4.69, 9.17) is 4.74 Å². The van der Waals surface area contributed by atoms with E-state index >= 15 is 0 Å². The van der Waals surface area contributed by atoms with E-state index in [1.807, 2.05) is 40.9 Å². The first-order valence-electron chi connectivity index (χ1n) is 10.0. The van der Waals surface area contributed by atoms with Crippen LogP contribution in [0.15, 0.2) is 48.5 Å². The van der Waals surface area contributed by atoms with Gasteiger partial charge in [-0.2, -0.15) is 24.9 Å². The number of methoxy groups -OCH3 is 1. The van der Waals surface area contributed by atoms with E-state index in [9.17, 15) is 18.0 Å². The van der Waals surface area contributed by atoms with Crippen molar-refractivity contribution >= 4 is 17.7 Å². The SMILES string of the molecule is COC1(c2ccc(C(=O)N3CCC(c4ccc(C(F)(F)F)cc4)CC3)cc2)CSC1. The Bertz CT molecular complexity index is 879. The van der Waals surface area contributed by atoms with Gasteiger partial charge >= 0.3 is 6.18 Å². The molecule has 2 aromatic carbocycles. The number of piperidine rings is 1. The zero-order chi connectivity index (χ0) is 21.4. The second kappa shape index (κ2) is 8.27. The highest BCUT2D eigenvalue weighted by molar-refractivity contribution is 8.00. The zero-order valence-corrected chi connectivity index (χ0v) is 17.6. The molecular weight excluding hydrogens is 411 g/mol. The van der Waals surface area contributed by atoms with Gasteiger partial charge in [0.25, 0.3) is 5.91 Å². The third kappa shape index (κ3) is 4.10. The summed E-state index contributed by atoms with van der Waals surface area (Å²) in [4.78, 5) is 14.7. The Balaban J connectivity index is 1.36. The van der Waals surface area contributed by atoms with Gasteiger partial charge in [-0.15, -0.1) is 0 Å². The molecule has 2 saturated heterocycles. The van der Waals surface area contributed by atoms with Crippen molar-refractivity contribution in [2.75, 3.05) is 31.7 Å². The fourth-order valence-electron chi connectivity index (χ4n) is 4.15. The first-order chi connectivity index (χ1) is 14.3. The summed E-state index contributed by atoms with van der Waals surface area (Å²) >= 11 is 1.84. The van der Waals surface area contributed by atoms with Gasteiger partial charge in [0.15, 0.2) is 0 Å². The Kier molecular flexibility index (Phi) is 5.86. The van der Waals surface area contributed by atoms with Crippen LogP contribution < -0.4 is 0 Å². The highest BCUT2D eigenvalue weighted by Gasteiger charge is 2.39. The summed E-state index contributed by atoms with van der Waals surface area (Å²) in [5, 5.41) is 0. The Labute approximate surface area is 178 Å². The molecule has 2 aliphatic heterocycles. The Morgan fingerprint density at radius 2 is 1.63 bits per heavy atom. The predicted octanol–water partition coefficient (Wildman–Crippen LogP) is 5.31. The lowest BCUT2D eigenvalue weighted by molar-refractivity contribution is -0.137. The molecule has 0 saturated carbocycles. The standard InChI is InChI=1S/C23H24F3NO2S/c1-29-22(14-30-15-22)19-6-4-18(5-7-19)21(28)27-12-10-17(11-13-27)16-2-8-20(9-3-16)23(24,25)26/h2-9,17H,10-15H2,1H3. The minimum Gasteiger partial charge on any atom is -0.372 e. The van der Waals surface area contributed by atoms with Crippen LogP contribution in [0.25, 0.3) is 0 Å². The van der Waals surface area contributed by atoms with Crippen LogP contribution in [0, 0.1) is 0 Å². The minimum atomic E-state index is -4.32. The van der Waals surface area contributed by atoms with Gasteiger partial charge in [-0.05, 0) is 54.2 Å². The number of alkyl halides is 3. The lowest BCUT2D eigenvalue weighted by Crippen LogP contribution is -2.42. The Morgan fingerprint density at radius 1 is 1.03 bits per heavy atom. The summed E-state index contributed by atoms with van der Waals surface area (Å²) in [7, 11) is 1.72. The smallest absolute Gasteiger partial charge is 0.372 e. The van der Waals surface area contributed by atoms with Gasteiger partial charge in [0.2, 0.25) is 0 Å². The van der Waals surface area contributed by atoms with Crippen LogP contribution in [0.1, 0.15) is 45.8 Å². The van der Waals surface area contributed by atoms with Crippen LogP contribution in [0.4, 0.5) is 13.2 Å². The van der Waals surface area contributed by atoms with Gasteiger partial charge in [0, 0.05) is 37.3 Å². The molecule has 30 heavy (non-hydrogen) atoms. The molecule has 0 N–H and O–H groups in total. The summed E-state index contributed by atoms with van der Waals surface area (Å²) in [6.45, 7) is 1.20. The van der Waals surface area contributed by atoms with Gasteiger partial charge in [0.1, 0.15) is 5.60 Å². The molecule has 0 radical (unpaired) electrons. The van der Waals surface area contributed by atoms with Crippen LogP contribution in [0.5, 0.6) is 0 Å². The van der Waals surface area contributed by atoms with Crippen LogP contribution in [-0.4, -0.2) is 42.5 Å². The molecule has 2 aromatic rings. The van der Waals surface area contributed by atoms with Crippen LogP contribution >= 0.6 is 11.8 Å². The maximum Gasteiger partial charge on any atom is 0.416 e. The number of thioether (sulfide) groups is 1. The summed E-state index contributed by atoms with van der Waals surface area (Å²) in [5.74, 6) is 2.03. The predicted molar refractivity (Wildman–Crippen MR) is 112 cm³/mol. The van der Waals surface area contributed by atoms with Crippen molar-refractivity contribution in [3.63, 3.8) is 0 Å². The maximum atomic E-state index is 12.9. The molecule has 7 heteroatoms. The fraction of sp³-hybridized carbons (Fsp3) is 0.435. The number of rotatable bonds is 4. The lowest BCUT2D eigenvalue weighted by Gasteiger charge is -2.40. The maximum absolute atomic E-state index is 12.9. The van der Waals surface area contributed by atoms with Crippen LogP contribution in [0.3, 0.4) is 0 Å². The first kappa shape index (κ1) is 21.2. The van der Waals surface area contributed by atoms with Crippen molar-refractivity contribution in [2.24, 2.45) is 0 Å². The van der Waals surface area contributed by atoms with Crippen LogP contribution in [-0.2, 0) is 16.5 Å². The van der Waals surface area contributed by atoms with Crippen molar-refractivity contribution < 1.29 is 22.7 Å². The topological polar surface area (TPSA) is 29.5 Å². The highest BCUT2D eigenvalue weighted by atomic mass is 32.2. The third-order valence-electron chi connectivity index (χ3n) is 6.21. The molecule has 2 fully saturated rings. The summed E-state index contributed by atoms with van der Waals surface area (Å²) < 4.78 is 43.9. The zero-order valence-electron chi connectivity index (χ0n) is 16.7. The van der Waals surface area contributed by atoms with Crippen LogP contribution in [0.2, 0.25) is 0 Å². The van der Waals surface area contributed by atoms with Gasteiger partial charge in [-0.25, -0.2) is 0 Å². The van der Waals surface area contributed by atoms with Gasteiger partial charge in [-0.3, -0.25) is 4.79 Å². The largest absolute Gasteiger partial charge is 0.416 e. The van der Waals surface area contributed by atoms with Crippen molar-refractivity contribution in [2.45, 2.75) is 30.5 Å². The monoisotopic (exact) mass is 435 g/mol. The molecule has 1 amide bonds. The fourth-order valence-corrected chi connectivity index (χ4v) is 5.29. The lowest BCUT2D eigenvalue weighted by atomic mass is 9.88. The van der Waals surface area contributed by atoms with Crippen molar-refractivity contribution in [1.82, 2.24) is 4.90 Å². The molecular formula is C23H24F3NO2S. The quantitative estimate of drug-likeness (QED) is 0.652. The summed E-state index contributed by atoms with van der Waals surface area (Å²) in [6, 6.07) is 13.1. The second-order valence-corrected chi connectivity index (χ2v) is 8.94. The molecule has 160 valence electrons. The highest BCUT2D eigenvalue weighted by Crippen LogP contribution is 2.41. The second-order valence-electron chi connectivity index (χ2n) is 7.95. The van der Waals surface area contributed by atoms with Crippen molar-refractivity contribution in [1.29, 1.82) is 0 Å². The number of ether oxygens (including phenoxy) is 1. The summed E-state index contributed by atoms with van der Waals surface area (Å²) in [5.41, 5.74) is 1.80. The number of hydrogen-bond acceptors (Lipinski definition) is 3. The number of amides is 1. The number of likely N-dealkylation sites (tertiary alicyclic amines) is 1. The Hall–Kier alpha value is -1.99. The van der Waals surface area contributed by atoms with Crippen molar-refractivity contribution in [3.05, 3.63) is 70.8 Å². The number of carbonyl (C=O) groups excluding carboxylic acids is 1. The number of halogens is 3. The van der Waals surface area contributed by atoms with E-state index in [-0.39, 0.29) is 17.4 Å². The third-order valence-corrected chi connectivity index (χ3v) is 7.55. The summed E-state index contributed by atoms with van der Waals surface area (Å²) in [6.07, 6.45) is -2.82. The molecule has 0 aromatic heterocycles. The molecule has 0 spiro atoms. The van der Waals surface area contributed by atoms with E-state index in [0.717, 1.165) is 47.6 Å². The van der Waals surface area contributed by atoms with E-state index in [2.05, 4.69) is 0 Å². The average molecular weight is 436 g/mol. The number of benzene rings is 2. The minimum absolute atomic E-state index is 0.00173. The van der Waals surface area contributed by atoms with E-state index in [0.29, 0.717) is 18.7 Å². The Morgan fingerprint density at radius 3 is 2.10 bits per heavy atom. The van der Waals surface area contributed by atoms with Crippen molar-refractivity contribution in [3.8, 4) is 0 Å². The number of hydrogen-bond donors (Lipinski definition) is 0. The molecule has 0 bridgehead atoms. The van der Waals surface area contributed by atoms with Gasteiger partial charge < -0.3 is 9.64 Å². The molecule has 2 heterocycles. The van der Waals surface area contributed by atoms with Gasteiger partial charge in [0.05, 0.1) is 5.56 Å². The molecule has 0 unspecified atom stereocenters. The number of nitrogens with zero attached hydrogens (tertiary/aromatic N) is 1. The average Bonchev–Trinajstić information content (AvgIpc) is 2.73. The van der Waals surface area contributed by atoms with Gasteiger partial charge in [-0.1, -0.05) is 24.3 Å². The molecule has 3 nitrogen and oxygen atoms in total. The molecule has 4 rings (SSSR count). The van der Waals surface area contributed by atoms with E-state index in [1.165, 1.54) is 0 Å². The molecule has 0 atom stereocenters. The molecule has 2 aliphatic rings. The normalized spacial score (nSPS) is 19.4. The molecule has 0 aliphatic carbocycles. The van der Waals surface area contributed by atoms with E-state index in [1.54, 1.807) is 19.2 Å². The number of carbonyl (C=O) groups is 1. The first-order valence-corrected chi connectivity index (χ1v) is 11.2.